The van der Waals surface area contributed by atoms with Crippen molar-refractivity contribution in [2.45, 2.75) is 38.3 Å². The minimum absolute atomic E-state index is 0.0731. The van der Waals surface area contributed by atoms with E-state index in [2.05, 4.69) is 5.32 Å². The van der Waals surface area contributed by atoms with Crippen LogP contribution in [0.2, 0.25) is 5.02 Å². The van der Waals surface area contributed by atoms with Gasteiger partial charge in [0.2, 0.25) is 11.8 Å². The van der Waals surface area contributed by atoms with Crippen molar-refractivity contribution in [3.05, 3.63) is 65.2 Å². The molecule has 2 rings (SSSR count). The molecule has 0 heterocycles. The standard InChI is InChI=1S/C22H27ClN2O2S/c1-16(2)13-24-22(27)17(3)25(14-18-9-11-19(23)12-10-18)21(26)15-28-20-7-5-4-6-8-20/h4-12,16-17H,13-15H2,1-3H3,(H,24,27)/t17-/m1/s1. The first-order valence-corrected chi connectivity index (χ1v) is 10.7. The SMILES string of the molecule is CC(C)CNC(=O)[C@@H](C)N(Cc1ccc(Cl)cc1)C(=O)CSc1ccccc1. The van der Waals surface area contributed by atoms with Crippen LogP contribution in [0, 0.1) is 5.92 Å². The highest BCUT2D eigenvalue weighted by molar-refractivity contribution is 8.00. The van der Waals surface area contributed by atoms with E-state index in [0.29, 0.717) is 24.0 Å². The van der Waals surface area contributed by atoms with Crippen LogP contribution in [0.15, 0.2) is 59.5 Å². The molecule has 1 atom stereocenters. The van der Waals surface area contributed by atoms with Gasteiger partial charge in [-0.25, -0.2) is 0 Å². The van der Waals surface area contributed by atoms with Crippen LogP contribution in [0.25, 0.3) is 0 Å². The van der Waals surface area contributed by atoms with Crippen molar-refractivity contribution in [2.75, 3.05) is 12.3 Å². The van der Waals surface area contributed by atoms with Crippen LogP contribution in [0.3, 0.4) is 0 Å². The van der Waals surface area contributed by atoms with E-state index in [4.69, 9.17) is 11.6 Å². The number of rotatable bonds is 9. The largest absolute Gasteiger partial charge is 0.354 e. The van der Waals surface area contributed by atoms with Gasteiger partial charge in [0.05, 0.1) is 5.75 Å². The van der Waals surface area contributed by atoms with Crippen molar-refractivity contribution in [1.82, 2.24) is 10.2 Å². The van der Waals surface area contributed by atoms with E-state index >= 15 is 0 Å². The summed E-state index contributed by atoms with van der Waals surface area (Å²) in [6.45, 7) is 6.80. The van der Waals surface area contributed by atoms with Gasteiger partial charge in [-0.3, -0.25) is 9.59 Å². The normalized spacial score (nSPS) is 11.9. The molecule has 0 saturated carbocycles. The molecular weight excluding hydrogens is 392 g/mol. The number of hydrogen-bond acceptors (Lipinski definition) is 3. The molecule has 0 aliphatic carbocycles. The molecule has 0 radical (unpaired) electrons. The molecule has 4 nitrogen and oxygen atoms in total. The van der Waals surface area contributed by atoms with Crippen LogP contribution >= 0.6 is 23.4 Å². The second-order valence-electron chi connectivity index (χ2n) is 7.06. The first-order chi connectivity index (χ1) is 13.4. The summed E-state index contributed by atoms with van der Waals surface area (Å²) in [5, 5.41) is 3.57. The lowest BCUT2D eigenvalue weighted by Gasteiger charge is -2.29. The number of carbonyl (C=O) groups is 2. The molecule has 2 aromatic carbocycles. The summed E-state index contributed by atoms with van der Waals surface area (Å²) >= 11 is 7.44. The van der Waals surface area contributed by atoms with Crippen LogP contribution in [0.5, 0.6) is 0 Å². The Morgan fingerprint density at radius 2 is 1.68 bits per heavy atom. The van der Waals surface area contributed by atoms with E-state index in [1.165, 1.54) is 11.8 Å². The number of thioether (sulfide) groups is 1. The third kappa shape index (κ3) is 7.21. The molecule has 2 amide bonds. The van der Waals surface area contributed by atoms with Gasteiger partial charge >= 0.3 is 0 Å². The number of benzene rings is 2. The van der Waals surface area contributed by atoms with Crippen molar-refractivity contribution < 1.29 is 9.59 Å². The Balaban J connectivity index is 2.10. The molecule has 0 bridgehead atoms. The molecule has 0 aromatic heterocycles. The predicted molar refractivity (Wildman–Crippen MR) is 116 cm³/mol. The van der Waals surface area contributed by atoms with Crippen molar-refractivity contribution in [1.29, 1.82) is 0 Å². The van der Waals surface area contributed by atoms with Gasteiger partial charge in [0.1, 0.15) is 6.04 Å². The van der Waals surface area contributed by atoms with Crippen molar-refractivity contribution >= 4 is 35.2 Å². The minimum Gasteiger partial charge on any atom is -0.354 e. The topological polar surface area (TPSA) is 49.4 Å². The molecule has 28 heavy (non-hydrogen) atoms. The lowest BCUT2D eigenvalue weighted by molar-refractivity contribution is -0.138. The maximum absolute atomic E-state index is 13.0. The van der Waals surface area contributed by atoms with E-state index in [-0.39, 0.29) is 17.6 Å². The smallest absolute Gasteiger partial charge is 0.242 e. The molecule has 0 spiro atoms. The van der Waals surface area contributed by atoms with Crippen LogP contribution in [0.1, 0.15) is 26.3 Å². The van der Waals surface area contributed by atoms with Gasteiger partial charge in [-0.15, -0.1) is 11.8 Å². The van der Waals surface area contributed by atoms with Gasteiger partial charge in [0.15, 0.2) is 0 Å². The molecule has 150 valence electrons. The zero-order chi connectivity index (χ0) is 20.5. The monoisotopic (exact) mass is 418 g/mol. The second kappa shape index (κ2) is 11.1. The van der Waals surface area contributed by atoms with Gasteiger partial charge in [-0.1, -0.05) is 55.8 Å². The summed E-state index contributed by atoms with van der Waals surface area (Å²) in [5.41, 5.74) is 0.936. The van der Waals surface area contributed by atoms with E-state index in [1.807, 2.05) is 56.3 Å². The van der Waals surface area contributed by atoms with E-state index in [9.17, 15) is 9.59 Å². The highest BCUT2D eigenvalue weighted by Gasteiger charge is 2.26. The lowest BCUT2D eigenvalue weighted by atomic mass is 10.1. The average Bonchev–Trinajstić information content (AvgIpc) is 2.70. The highest BCUT2D eigenvalue weighted by Crippen LogP contribution is 2.20. The van der Waals surface area contributed by atoms with E-state index in [0.717, 1.165) is 10.5 Å². The first-order valence-electron chi connectivity index (χ1n) is 9.36. The Bertz CT molecular complexity index is 766. The van der Waals surface area contributed by atoms with E-state index < -0.39 is 6.04 Å². The van der Waals surface area contributed by atoms with Crippen LogP contribution in [0.4, 0.5) is 0 Å². The molecule has 0 fully saturated rings. The van der Waals surface area contributed by atoms with Crippen molar-refractivity contribution in [3.8, 4) is 0 Å². The molecule has 0 saturated heterocycles. The molecule has 0 aliphatic heterocycles. The Morgan fingerprint density at radius 1 is 1.04 bits per heavy atom. The van der Waals surface area contributed by atoms with E-state index in [1.54, 1.807) is 24.0 Å². The Labute approximate surface area is 176 Å². The number of amides is 2. The van der Waals surface area contributed by atoms with Gasteiger partial charge < -0.3 is 10.2 Å². The fourth-order valence-corrected chi connectivity index (χ4v) is 3.50. The summed E-state index contributed by atoms with van der Waals surface area (Å²) in [6, 6.07) is 16.6. The lowest BCUT2D eigenvalue weighted by Crippen LogP contribution is -2.48. The highest BCUT2D eigenvalue weighted by atomic mass is 35.5. The zero-order valence-corrected chi connectivity index (χ0v) is 18.1. The first kappa shape index (κ1) is 22.3. The zero-order valence-electron chi connectivity index (χ0n) is 16.5. The number of carbonyl (C=O) groups excluding carboxylic acids is 2. The Hall–Kier alpha value is -1.98. The quantitative estimate of drug-likeness (QED) is 0.604. The Morgan fingerprint density at radius 3 is 2.29 bits per heavy atom. The molecule has 1 N–H and O–H groups in total. The third-order valence-corrected chi connectivity index (χ3v) is 5.47. The molecule has 2 aromatic rings. The fraction of sp³-hybridized carbons (Fsp3) is 0.364. The van der Waals surface area contributed by atoms with Crippen LogP contribution < -0.4 is 5.32 Å². The summed E-state index contributed by atoms with van der Waals surface area (Å²) in [6.07, 6.45) is 0. The molecule has 0 unspecified atom stereocenters. The predicted octanol–water partition coefficient (Wildman–Crippen LogP) is 4.62. The van der Waals surface area contributed by atoms with Gasteiger partial charge in [-0.2, -0.15) is 0 Å². The van der Waals surface area contributed by atoms with Crippen molar-refractivity contribution in [3.63, 3.8) is 0 Å². The number of nitrogens with zero attached hydrogens (tertiary/aromatic N) is 1. The summed E-state index contributed by atoms with van der Waals surface area (Å²) in [7, 11) is 0. The molecule has 6 heteroatoms. The van der Waals surface area contributed by atoms with Gasteiger partial charge in [0.25, 0.3) is 0 Å². The van der Waals surface area contributed by atoms with Gasteiger partial charge in [-0.05, 0) is 42.7 Å². The number of nitrogens with one attached hydrogen (secondary N) is 1. The van der Waals surface area contributed by atoms with Crippen LogP contribution in [-0.4, -0.2) is 35.1 Å². The van der Waals surface area contributed by atoms with Crippen molar-refractivity contribution in [2.24, 2.45) is 5.92 Å². The van der Waals surface area contributed by atoms with Gasteiger partial charge in [0, 0.05) is 23.0 Å². The molecular formula is C22H27ClN2O2S. The van der Waals surface area contributed by atoms with Crippen LogP contribution in [-0.2, 0) is 16.1 Å². The third-order valence-electron chi connectivity index (χ3n) is 4.22. The second-order valence-corrected chi connectivity index (χ2v) is 8.55. The summed E-state index contributed by atoms with van der Waals surface area (Å²) in [4.78, 5) is 28.2. The summed E-state index contributed by atoms with van der Waals surface area (Å²) in [5.74, 6) is 0.418. The minimum atomic E-state index is -0.557. The maximum Gasteiger partial charge on any atom is 0.242 e. The average molecular weight is 419 g/mol. The Kier molecular flexibility index (Phi) is 8.87. The maximum atomic E-state index is 13.0. The summed E-state index contributed by atoms with van der Waals surface area (Å²) < 4.78 is 0. The molecule has 0 aliphatic rings. The number of hydrogen-bond donors (Lipinski definition) is 1. The fourth-order valence-electron chi connectivity index (χ4n) is 2.57. The number of halogens is 1.